The number of carbonyl (C=O) groups excluding carboxylic acids is 1. The first kappa shape index (κ1) is 11.7. The number of likely N-dealkylation sites (tertiary alicyclic amines) is 1. The number of amides is 1. The van der Waals surface area contributed by atoms with Gasteiger partial charge in [0.1, 0.15) is 0 Å². The van der Waals surface area contributed by atoms with Crippen molar-refractivity contribution in [3.63, 3.8) is 0 Å². The first-order chi connectivity index (χ1) is 8.79. The second-order valence-corrected chi connectivity index (χ2v) is 5.13. The van der Waals surface area contributed by atoms with Crippen molar-refractivity contribution in [1.82, 2.24) is 10.2 Å². The number of benzene rings is 1. The van der Waals surface area contributed by atoms with Crippen LogP contribution in [0.2, 0.25) is 0 Å². The second kappa shape index (κ2) is 4.71. The fourth-order valence-electron chi connectivity index (χ4n) is 2.75. The molecule has 96 valence electrons. The van der Waals surface area contributed by atoms with E-state index in [1.165, 1.54) is 11.1 Å². The van der Waals surface area contributed by atoms with E-state index in [4.69, 9.17) is 5.11 Å². The Morgan fingerprint density at radius 2 is 2.28 bits per heavy atom. The van der Waals surface area contributed by atoms with Gasteiger partial charge in [-0.1, -0.05) is 12.1 Å². The average Bonchev–Trinajstić information content (AvgIpc) is 2.36. The summed E-state index contributed by atoms with van der Waals surface area (Å²) < 4.78 is 0. The van der Waals surface area contributed by atoms with Gasteiger partial charge in [-0.3, -0.25) is 4.79 Å². The number of aliphatic hydroxyl groups is 1. The van der Waals surface area contributed by atoms with Crippen LogP contribution in [0.15, 0.2) is 18.2 Å². The molecule has 2 N–H and O–H groups in total. The van der Waals surface area contributed by atoms with Gasteiger partial charge < -0.3 is 15.3 Å². The smallest absolute Gasteiger partial charge is 0.254 e. The van der Waals surface area contributed by atoms with Crippen LogP contribution >= 0.6 is 0 Å². The molecule has 0 bridgehead atoms. The number of aliphatic hydroxyl groups excluding tert-OH is 1. The summed E-state index contributed by atoms with van der Waals surface area (Å²) in [5.41, 5.74) is 3.30. The molecule has 2 aliphatic rings. The number of rotatable bonds is 2. The summed E-state index contributed by atoms with van der Waals surface area (Å²) in [7, 11) is 0. The van der Waals surface area contributed by atoms with Gasteiger partial charge in [-0.05, 0) is 30.2 Å². The Morgan fingerprint density at radius 1 is 1.44 bits per heavy atom. The third-order valence-electron chi connectivity index (χ3n) is 3.87. The van der Waals surface area contributed by atoms with Gasteiger partial charge in [0, 0.05) is 37.7 Å². The minimum Gasteiger partial charge on any atom is -0.396 e. The molecular weight excluding hydrogens is 228 g/mol. The quantitative estimate of drug-likeness (QED) is 0.794. The number of carbonyl (C=O) groups is 1. The Labute approximate surface area is 107 Å². The third-order valence-corrected chi connectivity index (χ3v) is 3.87. The average molecular weight is 246 g/mol. The van der Waals surface area contributed by atoms with Crippen LogP contribution in [-0.4, -0.2) is 42.2 Å². The van der Waals surface area contributed by atoms with Crippen LogP contribution in [0.4, 0.5) is 0 Å². The lowest BCUT2D eigenvalue weighted by Crippen LogP contribution is -2.51. The zero-order valence-electron chi connectivity index (χ0n) is 10.4. The Morgan fingerprint density at radius 3 is 3.06 bits per heavy atom. The molecule has 1 aromatic rings. The van der Waals surface area contributed by atoms with Gasteiger partial charge in [0.15, 0.2) is 0 Å². The lowest BCUT2D eigenvalue weighted by molar-refractivity contribution is 0.0361. The van der Waals surface area contributed by atoms with Crippen LogP contribution in [0.5, 0.6) is 0 Å². The molecule has 4 nitrogen and oxygen atoms in total. The first-order valence-electron chi connectivity index (χ1n) is 6.51. The maximum atomic E-state index is 12.4. The molecule has 1 amide bonds. The molecule has 0 saturated carbocycles. The van der Waals surface area contributed by atoms with Crippen molar-refractivity contribution < 1.29 is 9.90 Å². The first-order valence-corrected chi connectivity index (χ1v) is 6.51. The van der Waals surface area contributed by atoms with Gasteiger partial charge in [0.25, 0.3) is 5.91 Å². The Balaban J connectivity index is 1.82. The Bertz CT molecular complexity index is 467. The number of hydrogen-bond donors (Lipinski definition) is 2. The molecule has 4 heteroatoms. The molecule has 0 unspecified atom stereocenters. The summed E-state index contributed by atoms with van der Waals surface area (Å²) in [4.78, 5) is 14.2. The zero-order chi connectivity index (χ0) is 12.5. The van der Waals surface area contributed by atoms with E-state index in [1.807, 2.05) is 17.0 Å². The maximum absolute atomic E-state index is 12.4. The van der Waals surface area contributed by atoms with E-state index in [0.717, 1.165) is 25.1 Å². The molecule has 0 radical (unpaired) electrons. The van der Waals surface area contributed by atoms with Crippen LogP contribution in [0.25, 0.3) is 0 Å². The van der Waals surface area contributed by atoms with Gasteiger partial charge in [0.2, 0.25) is 0 Å². The molecule has 18 heavy (non-hydrogen) atoms. The molecule has 2 heterocycles. The topological polar surface area (TPSA) is 52.6 Å². The summed E-state index contributed by atoms with van der Waals surface area (Å²) >= 11 is 0. The molecule has 1 fully saturated rings. The fraction of sp³-hybridized carbons (Fsp3) is 0.500. The van der Waals surface area contributed by atoms with Crippen molar-refractivity contribution >= 4 is 5.91 Å². The molecule has 0 atom stereocenters. The SMILES string of the molecule is O=C(c1cccc2c1CCNC2)N1CC(CO)C1. The number of nitrogens with zero attached hydrogens (tertiary/aromatic N) is 1. The fourth-order valence-corrected chi connectivity index (χ4v) is 2.75. The van der Waals surface area contributed by atoms with Gasteiger partial charge >= 0.3 is 0 Å². The summed E-state index contributed by atoms with van der Waals surface area (Å²) in [6, 6.07) is 5.98. The van der Waals surface area contributed by atoms with Crippen molar-refractivity contribution in [3.8, 4) is 0 Å². The standard InChI is InChI=1S/C14H18N2O2/c17-9-10-7-16(8-10)14(18)13-3-1-2-11-6-15-5-4-12(11)13/h1-3,10,15,17H,4-9H2. The Kier molecular flexibility index (Phi) is 3.06. The monoisotopic (exact) mass is 246 g/mol. The minimum atomic E-state index is 0.124. The van der Waals surface area contributed by atoms with E-state index in [2.05, 4.69) is 11.4 Å². The van der Waals surface area contributed by atoms with Crippen LogP contribution in [-0.2, 0) is 13.0 Å². The molecule has 0 aromatic heterocycles. The van der Waals surface area contributed by atoms with E-state index < -0.39 is 0 Å². The number of fused-ring (bicyclic) bond motifs is 1. The molecule has 1 saturated heterocycles. The predicted octanol–water partition coefficient (Wildman–Crippen LogP) is 0.397. The summed E-state index contributed by atoms with van der Waals surface area (Å²) in [5.74, 6) is 0.397. The van der Waals surface area contributed by atoms with Crippen LogP contribution in [0, 0.1) is 5.92 Å². The maximum Gasteiger partial charge on any atom is 0.254 e. The highest BCUT2D eigenvalue weighted by Crippen LogP contribution is 2.23. The Hall–Kier alpha value is -1.39. The van der Waals surface area contributed by atoms with E-state index in [1.54, 1.807) is 0 Å². The zero-order valence-corrected chi connectivity index (χ0v) is 10.4. The van der Waals surface area contributed by atoms with Crippen LogP contribution < -0.4 is 5.32 Å². The molecule has 2 aliphatic heterocycles. The lowest BCUT2D eigenvalue weighted by Gasteiger charge is -2.39. The van der Waals surface area contributed by atoms with Crippen molar-refractivity contribution in [2.45, 2.75) is 13.0 Å². The van der Waals surface area contributed by atoms with E-state index in [9.17, 15) is 4.79 Å². The predicted molar refractivity (Wildman–Crippen MR) is 68.3 cm³/mol. The van der Waals surface area contributed by atoms with Gasteiger partial charge in [0.05, 0.1) is 0 Å². The van der Waals surface area contributed by atoms with Gasteiger partial charge in [-0.2, -0.15) is 0 Å². The number of hydrogen-bond acceptors (Lipinski definition) is 3. The normalized spacial score (nSPS) is 19.3. The van der Waals surface area contributed by atoms with Gasteiger partial charge in [-0.15, -0.1) is 0 Å². The lowest BCUT2D eigenvalue weighted by atomic mass is 9.93. The number of nitrogens with one attached hydrogen (secondary N) is 1. The van der Waals surface area contributed by atoms with E-state index in [0.29, 0.717) is 13.1 Å². The summed E-state index contributed by atoms with van der Waals surface area (Å²) in [5, 5.41) is 12.3. The molecular formula is C14H18N2O2. The van der Waals surface area contributed by atoms with E-state index >= 15 is 0 Å². The van der Waals surface area contributed by atoms with Gasteiger partial charge in [-0.25, -0.2) is 0 Å². The molecule has 0 aliphatic carbocycles. The van der Waals surface area contributed by atoms with Crippen LogP contribution in [0.1, 0.15) is 21.5 Å². The van der Waals surface area contributed by atoms with Crippen molar-refractivity contribution in [3.05, 3.63) is 34.9 Å². The van der Waals surface area contributed by atoms with E-state index in [-0.39, 0.29) is 18.4 Å². The molecule has 0 spiro atoms. The molecule has 1 aromatic carbocycles. The molecule has 3 rings (SSSR count). The summed E-state index contributed by atoms with van der Waals surface area (Å²) in [6.45, 7) is 3.36. The van der Waals surface area contributed by atoms with Crippen molar-refractivity contribution in [1.29, 1.82) is 0 Å². The van der Waals surface area contributed by atoms with Crippen molar-refractivity contribution in [2.24, 2.45) is 5.92 Å². The summed E-state index contributed by atoms with van der Waals surface area (Å²) in [6.07, 6.45) is 0.925. The third kappa shape index (κ3) is 1.91. The van der Waals surface area contributed by atoms with Crippen molar-refractivity contribution in [2.75, 3.05) is 26.2 Å². The minimum absolute atomic E-state index is 0.124. The highest BCUT2D eigenvalue weighted by molar-refractivity contribution is 5.96. The largest absolute Gasteiger partial charge is 0.396 e. The van der Waals surface area contributed by atoms with Crippen LogP contribution in [0.3, 0.4) is 0 Å². The highest BCUT2D eigenvalue weighted by Gasteiger charge is 2.31. The second-order valence-electron chi connectivity index (χ2n) is 5.13. The highest BCUT2D eigenvalue weighted by atomic mass is 16.3.